The normalized spacial score (nSPS) is 22.6. The summed E-state index contributed by atoms with van der Waals surface area (Å²) >= 11 is 0. The van der Waals surface area contributed by atoms with Crippen molar-refractivity contribution in [2.24, 2.45) is 5.92 Å². The van der Waals surface area contributed by atoms with E-state index >= 15 is 0 Å². The van der Waals surface area contributed by atoms with Crippen LogP contribution in [0.5, 0.6) is 0 Å². The zero-order chi connectivity index (χ0) is 15.2. The van der Waals surface area contributed by atoms with Gasteiger partial charge in [-0.15, -0.1) is 0 Å². The molecule has 0 aromatic heterocycles. The summed E-state index contributed by atoms with van der Waals surface area (Å²) in [5.74, 6) is -0.260. The highest BCUT2D eigenvalue weighted by Crippen LogP contribution is 2.22. The third kappa shape index (κ3) is 5.38. The van der Waals surface area contributed by atoms with Gasteiger partial charge in [-0.05, 0) is 27.2 Å². The van der Waals surface area contributed by atoms with Gasteiger partial charge in [-0.1, -0.05) is 19.8 Å². The van der Waals surface area contributed by atoms with Crippen molar-refractivity contribution in [2.75, 3.05) is 19.7 Å². The van der Waals surface area contributed by atoms with E-state index in [9.17, 15) is 4.79 Å². The molecule has 1 fully saturated rings. The summed E-state index contributed by atoms with van der Waals surface area (Å²) in [6.07, 6.45) is 2.71. The average Bonchev–Trinajstić information content (AvgIpc) is 2.76. The summed E-state index contributed by atoms with van der Waals surface area (Å²) in [6.45, 7) is 9.13. The second-order valence-electron chi connectivity index (χ2n) is 6.24. The molecule has 1 aliphatic rings. The van der Waals surface area contributed by atoms with E-state index in [1.165, 1.54) is 0 Å². The topological polar surface area (TPSA) is 62.6 Å². The van der Waals surface area contributed by atoms with Crippen LogP contribution in [0.3, 0.4) is 0 Å². The van der Waals surface area contributed by atoms with E-state index in [2.05, 4.69) is 13.0 Å². The minimum Gasteiger partial charge on any atom is -0.444 e. The zero-order valence-electron chi connectivity index (χ0n) is 13.0. The van der Waals surface area contributed by atoms with Gasteiger partial charge in [0.15, 0.2) is 0 Å². The molecule has 0 aromatic rings. The highest BCUT2D eigenvalue weighted by Gasteiger charge is 2.37. The first kappa shape index (κ1) is 16.8. The van der Waals surface area contributed by atoms with Crippen LogP contribution in [0, 0.1) is 17.2 Å². The highest BCUT2D eigenvalue weighted by atomic mass is 16.6. The predicted molar refractivity (Wildman–Crippen MR) is 76.2 cm³/mol. The zero-order valence-corrected chi connectivity index (χ0v) is 13.0. The molecule has 0 aliphatic carbocycles. The molecule has 0 bridgehead atoms. The Kier molecular flexibility index (Phi) is 6.28. The second-order valence-corrected chi connectivity index (χ2v) is 6.24. The van der Waals surface area contributed by atoms with Gasteiger partial charge >= 0.3 is 6.09 Å². The minimum atomic E-state index is -0.515. The summed E-state index contributed by atoms with van der Waals surface area (Å²) < 4.78 is 11.1. The number of unbranched alkanes of at least 4 members (excludes halogenated alkanes) is 2. The molecule has 20 heavy (non-hydrogen) atoms. The molecule has 0 aromatic carbocycles. The van der Waals surface area contributed by atoms with Gasteiger partial charge in [0.25, 0.3) is 0 Å². The van der Waals surface area contributed by atoms with E-state index in [0.29, 0.717) is 19.7 Å². The number of hydrogen-bond acceptors (Lipinski definition) is 4. The maximum atomic E-state index is 12.0. The summed E-state index contributed by atoms with van der Waals surface area (Å²) in [5.41, 5.74) is -0.515. The smallest absolute Gasteiger partial charge is 0.410 e. The van der Waals surface area contributed by atoms with Gasteiger partial charge in [0.1, 0.15) is 5.60 Å². The third-order valence-electron chi connectivity index (χ3n) is 3.16. The van der Waals surface area contributed by atoms with Crippen molar-refractivity contribution in [3.8, 4) is 6.07 Å². The fourth-order valence-electron chi connectivity index (χ4n) is 2.13. The Morgan fingerprint density at radius 1 is 1.35 bits per heavy atom. The molecule has 0 N–H and O–H groups in total. The third-order valence-corrected chi connectivity index (χ3v) is 3.16. The predicted octanol–water partition coefficient (Wildman–Crippen LogP) is 2.95. The molecule has 1 heterocycles. The van der Waals surface area contributed by atoms with Gasteiger partial charge < -0.3 is 14.4 Å². The van der Waals surface area contributed by atoms with E-state index in [1.54, 1.807) is 4.90 Å². The number of carbonyl (C=O) groups excluding carboxylic acids is 1. The Labute approximate surface area is 121 Å². The van der Waals surface area contributed by atoms with Crippen LogP contribution in [0.25, 0.3) is 0 Å². The number of nitrogens with zero attached hydrogens (tertiary/aromatic N) is 2. The Morgan fingerprint density at radius 3 is 2.60 bits per heavy atom. The number of amides is 1. The van der Waals surface area contributed by atoms with E-state index in [-0.39, 0.29) is 18.1 Å². The maximum Gasteiger partial charge on any atom is 0.410 e. The van der Waals surface area contributed by atoms with Crippen LogP contribution in [0.4, 0.5) is 4.79 Å². The summed E-state index contributed by atoms with van der Waals surface area (Å²) in [4.78, 5) is 13.6. The first-order chi connectivity index (χ1) is 9.37. The van der Waals surface area contributed by atoms with Gasteiger partial charge in [-0.2, -0.15) is 5.26 Å². The average molecular weight is 282 g/mol. The van der Waals surface area contributed by atoms with Crippen molar-refractivity contribution < 1.29 is 14.3 Å². The molecule has 114 valence electrons. The van der Waals surface area contributed by atoms with Crippen molar-refractivity contribution in [1.29, 1.82) is 5.26 Å². The first-order valence-electron chi connectivity index (χ1n) is 7.36. The molecule has 1 rings (SSSR count). The van der Waals surface area contributed by atoms with Gasteiger partial charge in [0.05, 0.1) is 24.6 Å². The van der Waals surface area contributed by atoms with E-state index < -0.39 is 5.60 Å². The van der Waals surface area contributed by atoms with Gasteiger partial charge in [-0.3, -0.25) is 0 Å². The van der Waals surface area contributed by atoms with Crippen molar-refractivity contribution >= 4 is 6.09 Å². The second kappa shape index (κ2) is 7.49. The SMILES string of the molecule is CCCCCO[C@H]1CN(C(=O)OC(C)(C)C)C[C@@H]1C#N. The number of likely N-dealkylation sites (tertiary alicyclic amines) is 1. The molecule has 0 spiro atoms. The van der Waals surface area contributed by atoms with Crippen molar-refractivity contribution in [3.05, 3.63) is 0 Å². The lowest BCUT2D eigenvalue weighted by molar-refractivity contribution is 0.0192. The van der Waals surface area contributed by atoms with Gasteiger partial charge in [0.2, 0.25) is 0 Å². The Bertz CT molecular complexity index is 357. The molecule has 1 aliphatic heterocycles. The van der Waals surface area contributed by atoms with Crippen LogP contribution in [0.1, 0.15) is 47.0 Å². The number of rotatable bonds is 5. The first-order valence-corrected chi connectivity index (χ1v) is 7.36. The van der Waals surface area contributed by atoms with E-state index in [0.717, 1.165) is 19.3 Å². The Hall–Kier alpha value is -1.28. The molecule has 0 radical (unpaired) electrons. The standard InChI is InChI=1S/C15H26N2O3/c1-5-6-7-8-19-13-11-17(10-12(13)9-16)14(18)20-15(2,3)4/h12-13H,5-8,10-11H2,1-4H3/t12-,13-/m0/s1. The van der Waals surface area contributed by atoms with Gasteiger partial charge in [-0.25, -0.2) is 4.79 Å². The van der Waals surface area contributed by atoms with Crippen molar-refractivity contribution in [1.82, 2.24) is 4.90 Å². The van der Waals surface area contributed by atoms with Crippen LogP contribution in [-0.2, 0) is 9.47 Å². The van der Waals surface area contributed by atoms with Crippen molar-refractivity contribution in [2.45, 2.75) is 58.7 Å². The molecule has 1 amide bonds. The minimum absolute atomic E-state index is 0.190. The summed E-state index contributed by atoms with van der Waals surface area (Å²) in [6, 6.07) is 2.23. The molecule has 5 nitrogen and oxygen atoms in total. The largest absolute Gasteiger partial charge is 0.444 e. The maximum absolute atomic E-state index is 12.0. The molecule has 5 heteroatoms. The van der Waals surface area contributed by atoms with Crippen LogP contribution in [0.15, 0.2) is 0 Å². The quantitative estimate of drug-likeness (QED) is 0.727. The lowest BCUT2D eigenvalue weighted by atomic mass is 10.1. The molecular formula is C15H26N2O3. The monoisotopic (exact) mass is 282 g/mol. The number of nitriles is 1. The highest BCUT2D eigenvalue weighted by molar-refractivity contribution is 5.68. The van der Waals surface area contributed by atoms with Crippen LogP contribution in [0.2, 0.25) is 0 Å². The molecule has 1 saturated heterocycles. The van der Waals surface area contributed by atoms with Crippen molar-refractivity contribution in [3.63, 3.8) is 0 Å². The Morgan fingerprint density at radius 2 is 2.05 bits per heavy atom. The van der Waals surface area contributed by atoms with E-state index in [1.807, 2.05) is 20.8 Å². The molecule has 2 atom stereocenters. The fourth-order valence-corrected chi connectivity index (χ4v) is 2.13. The van der Waals surface area contributed by atoms with E-state index in [4.69, 9.17) is 14.7 Å². The molecule has 0 saturated carbocycles. The number of hydrogen-bond donors (Lipinski definition) is 0. The van der Waals surface area contributed by atoms with Gasteiger partial charge in [0, 0.05) is 13.2 Å². The Balaban J connectivity index is 2.46. The van der Waals surface area contributed by atoms with Crippen LogP contribution in [-0.4, -0.2) is 42.4 Å². The fraction of sp³-hybridized carbons (Fsp3) is 0.867. The number of ether oxygens (including phenoxy) is 2. The summed E-state index contributed by atoms with van der Waals surface area (Å²) in [5, 5.41) is 9.16. The lowest BCUT2D eigenvalue weighted by Gasteiger charge is -2.24. The van der Waals surface area contributed by atoms with Crippen LogP contribution >= 0.6 is 0 Å². The lowest BCUT2D eigenvalue weighted by Crippen LogP contribution is -2.36. The van der Waals surface area contributed by atoms with Crippen LogP contribution < -0.4 is 0 Å². The molecular weight excluding hydrogens is 256 g/mol. The summed E-state index contributed by atoms with van der Waals surface area (Å²) in [7, 11) is 0. The number of carbonyl (C=O) groups is 1. The molecule has 0 unspecified atom stereocenters.